The number of hydrogen-bond donors (Lipinski definition) is 3. The van der Waals surface area contributed by atoms with Gasteiger partial charge in [0.2, 0.25) is 5.91 Å². The Labute approximate surface area is 177 Å². The number of hydrogen-bond acceptors (Lipinski definition) is 6. The molecule has 3 atom stereocenters. The zero-order valence-corrected chi connectivity index (χ0v) is 18.0. The molecule has 1 aromatic carbocycles. The van der Waals surface area contributed by atoms with Crippen molar-refractivity contribution in [3.63, 3.8) is 0 Å². The van der Waals surface area contributed by atoms with Crippen LogP contribution in [-0.4, -0.2) is 55.5 Å². The predicted molar refractivity (Wildman–Crippen MR) is 111 cm³/mol. The molecule has 2 rings (SSSR count). The van der Waals surface area contributed by atoms with Crippen molar-refractivity contribution in [3.8, 4) is 0 Å². The van der Waals surface area contributed by atoms with E-state index in [0.29, 0.717) is 31.4 Å². The molecule has 1 aliphatic heterocycles. The lowest BCUT2D eigenvalue weighted by Crippen LogP contribution is -2.56. The van der Waals surface area contributed by atoms with Gasteiger partial charge in [-0.3, -0.25) is 19.8 Å². The molecular weight excluding hydrogens is 388 g/mol. The number of rotatable bonds is 9. The molecule has 1 aromatic rings. The molecule has 0 saturated carbocycles. The molecular formula is C21H32N4O5. The smallest absolute Gasteiger partial charge is 0.256 e. The highest BCUT2D eigenvalue weighted by Crippen LogP contribution is 2.23. The lowest BCUT2D eigenvalue weighted by atomic mass is 9.98. The van der Waals surface area contributed by atoms with Crippen molar-refractivity contribution in [1.82, 2.24) is 15.6 Å². The summed E-state index contributed by atoms with van der Waals surface area (Å²) >= 11 is 0. The fraction of sp³-hybridized carbons (Fsp3) is 0.571. The molecule has 1 aliphatic rings. The quantitative estimate of drug-likeness (QED) is 0.238. The van der Waals surface area contributed by atoms with Crippen LogP contribution in [-0.2, 0) is 19.1 Å². The highest BCUT2D eigenvalue weighted by molar-refractivity contribution is 5.98. The van der Waals surface area contributed by atoms with Gasteiger partial charge in [-0.15, -0.1) is 0 Å². The molecule has 1 saturated heterocycles. The van der Waals surface area contributed by atoms with Gasteiger partial charge in [0.15, 0.2) is 6.29 Å². The Morgan fingerprint density at radius 2 is 1.83 bits per heavy atom. The third-order valence-electron chi connectivity index (χ3n) is 5.61. The molecule has 0 aliphatic carbocycles. The number of nitrogens with two attached hydrogens (primary N) is 1. The summed E-state index contributed by atoms with van der Waals surface area (Å²) in [6.07, 6.45) is 1.45. The largest absolute Gasteiger partial charge is 0.352 e. The first-order chi connectivity index (χ1) is 14.4. The molecule has 0 radical (unpaired) electrons. The number of methoxy groups -OCH3 is 2. The number of nitrogens with one attached hydrogen (secondary N) is 2. The van der Waals surface area contributed by atoms with Gasteiger partial charge in [-0.25, -0.2) is 5.84 Å². The van der Waals surface area contributed by atoms with Crippen LogP contribution in [0.2, 0.25) is 0 Å². The third kappa shape index (κ3) is 5.35. The average Bonchev–Trinajstić information content (AvgIpc) is 3.27. The van der Waals surface area contributed by atoms with E-state index in [1.165, 1.54) is 14.2 Å². The molecule has 1 heterocycles. The molecule has 0 bridgehead atoms. The Kier molecular flexibility index (Phi) is 8.76. The number of ether oxygens (including phenoxy) is 2. The second kappa shape index (κ2) is 11.1. The van der Waals surface area contributed by atoms with Gasteiger partial charge in [-0.2, -0.15) is 0 Å². The van der Waals surface area contributed by atoms with Crippen molar-refractivity contribution >= 4 is 17.7 Å². The second-order valence-electron chi connectivity index (χ2n) is 7.46. The van der Waals surface area contributed by atoms with Gasteiger partial charge in [0.1, 0.15) is 12.1 Å². The van der Waals surface area contributed by atoms with Gasteiger partial charge in [0, 0.05) is 31.9 Å². The Morgan fingerprint density at radius 3 is 2.37 bits per heavy atom. The fourth-order valence-corrected chi connectivity index (χ4v) is 3.64. The first kappa shape index (κ1) is 23.8. The van der Waals surface area contributed by atoms with E-state index in [1.807, 2.05) is 13.8 Å². The molecule has 3 amide bonds. The Morgan fingerprint density at radius 1 is 1.20 bits per heavy atom. The van der Waals surface area contributed by atoms with Crippen LogP contribution in [0.5, 0.6) is 0 Å². The number of carbonyl (C=O) groups excluding carboxylic acids is 3. The molecule has 0 spiro atoms. The van der Waals surface area contributed by atoms with Gasteiger partial charge in [-0.1, -0.05) is 32.4 Å². The van der Waals surface area contributed by atoms with E-state index < -0.39 is 24.3 Å². The number of nitrogens with zero attached hydrogens (tertiary/aromatic N) is 1. The van der Waals surface area contributed by atoms with E-state index in [0.717, 1.165) is 5.56 Å². The van der Waals surface area contributed by atoms with Gasteiger partial charge >= 0.3 is 0 Å². The maximum absolute atomic E-state index is 13.0. The summed E-state index contributed by atoms with van der Waals surface area (Å²) in [5, 5.41) is 2.78. The fourth-order valence-electron chi connectivity index (χ4n) is 3.64. The van der Waals surface area contributed by atoms with Gasteiger partial charge in [-0.05, 0) is 30.9 Å². The normalized spacial score (nSPS) is 18.2. The summed E-state index contributed by atoms with van der Waals surface area (Å²) in [4.78, 5) is 39.6. The van der Waals surface area contributed by atoms with E-state index in [4.69, 9.17) is 15.3 Å². The molecule has 9 nitrogen and oxygen atoms in total. The average molecular weight is 421 g/mol. The van der Waals surface area contributed by atoms with E-state index in [9.17, 15) is 14.4 Å². The van der Waals surface area contributed by atoms with Crippen molar-refractivity contribution in [2.45, 2.75) is 51.5 Å². The number of benzene rings is 1. The summed E-state index contributed by atoms with van der Waals surface area (Å²) in [7, 11) is 3.08. The second-order valence-corrected chi connectivity index (χ2v) is 7.46. The van der Waals surface area contributed by atoms with Gasteiger partial charge in [0.05, 0.1) is 0 Å². The van der Waals surface area contributed by atoms with Crippen molar-refractivity contribution in [1.29, 1.82) is 0 Å². The van der Waals surface area contributed by atoms with Crippen molar-refractivity contribution in [2.24, 2.45) is 11.8 Å². The van der Waals surface area contributed by atoms with Crippen LogP contribution in [0.25, 0.3) is 0 Å². The van der Waals surface area contributed by atoms with Crippen LogP contribution in [0.3, 0.4) is 0 Å². The molecule has 4 N–H and O–H groups in total. The summed E-state index contributed by atoms with van der Waals surface area (Å²) in [6.45, 7) is 4.28. The molecule has 0 unspecified atom stereocenters. The van der Waals surface area contributed by atoms with Crippen molar-refractivity contribution < 1.29 is 23.9 Å². The van der Waals surface area contributed by atoms with Crippen LogP contribution in [0, 0.1) is 5.92 Å². The third-order valence-corrected chi connectivity index (χ3v) is 5.61. The topological polar surface area (TPSA) is 123 Å². The van der Waals surface area contributed by atoms with E-state index >= 15 is 0 Å². The Balaban J connectivity index is 2.13. The lowest BCUT2D eigenvalue weighted by Gasteiger charge is -2.28. The molecule has 9 heteroatoms. The first-order valence-electron chi connectivity index (χ1n) is 10.1. The number of hydrazine groups is 1. The molecule has 30 heavy (non-hydrogen) atoms. The standard InChI is InChI=1S/C21H32N4O5/c1-5-13(2)17(19(27)24-22)23-18(26)16-7-6-12-25(16)20(28)14-8-10-15(11-9-14)21(29-3)30-4/h8-11,13,16-17,21H,5-7,12,22H2,1-4H3,(H,23,26)(H,24,27)/t13-,16-,17-/m0/s1. The Hall–Kier alpha value is -2.49. The lowest BCUT2D eigenvalue weighted by molar-refractivity contribution is -0.132. The van der Waals surface area contributed by atoms with Gasteiger partial charge in [0.25, 0.3) is 11.8 Å². The van der Waals surface area contributed by atoms with E-state index in [-0.39, 0.29) is 17.7 Å². The summed E-state index contributed by atoms with van der Waals surface area (Å²) < 4.78 is 10.4. The predicted octanol–water partition coefficient (Wildman–Crippen LogP) is 1.10. The van der Waals surface area contributed by atoms with E-state index in [1.54, 1.807) is 29.2 Å². The van der Waals surface area contributed by atoms with Crippen LogP contribution in [0.15, 0.2) is 24.3 Å². The Bertz CT molecular complexity index is 735. The molecule has 0 aromatic heterocycles. The van der Waals surface area contributed by atoms with Crippen LogP contribution < -0.4 is 16.6 Å². The van der Waals surface area contributed by atoms with Crippen molar-refractivity contribution in [3.05, 3.63) is 35.4 Å². The maximum atomic E-state index is 13.0. The molecule has 166 valence electrons. The SMILES string of the molecule is CC[C@H](C)[C@H](NC(=O)[C@@H]1CCCN1C(=O)c1ccc(C(OC)OC)cc1)C(=O)NN. The number of likely N-dealkylation sites (tertiary alicyclic amines) is 1. The first-order valence-corrected chi connectivity index (χ1v) is 10.1. The minimum absolute atomic E-state index is 0.0925. The maximum Gasteiger partial charge on any atom is 0.256 e. The minimum atomic E-state index is -0.746. The summed E-state index contributed by atoms with van der Waals surface area (Å²) in [6, 6.07) is 5.55. The van der Waals surface area contributed by atoms with E-state index in [2.05, 4.69) is 10.7 Å². The summed E-state index contributed by atoms with van der Waals surface area (Å²) in [5.74, 6) is 4.15. The van der Waals surface area contributed by atoms with Gasteiger partial charge < -0.3 is 19.7 Å². The summed E-state index contributed by atoms with van der Waals surface area (Å²) in [5.41, 5.74) is 3.37. The van der Waals surface area contributed by atoms with Crippen LogP contribution in [0.1, 0.15) is 55.3 Å². The minimum Gasteiger partial charge on any atom is -0.352 e. The van der Waals surface area contributed by atoms with Crippen LogP contribution in [0.4, 0.5) is 0 Å². The van der Waals surface area contributed by atoms with Crippen molar-refractivity contribution in [2.75, 3.05) is 20.8 Å². The highest BCUT2D eigenvalue weighted by Gasteiger charge is 2.37. The molecule has 1 fully saturated rings. The zero-order chi connectivity index (χ0) is 22.3. The monoisotopic (exact) mass is 420 g/mol. The highest BCUT2D eigenvalue weighted by atomic mass is 16.7. The number of carbonyl (C=O) groups is 3. The zero-order valence-electron chi connectivity index (χ0n) is 18.0. The number of amides is 3. The van der Waals surface area contributed by atoms with Crippen LogP contribution >= 0.6 is 0 Å².